The molecule has 0 aromatic rings. The van der Waals surface area contributed by atoms with E-state index in [1.807, 2.05) is 34.6 Å². The lowest BCUT2D eigenvalue weighted by Crippen LogP contribution is -2.54. The quantitative estimate of drug-likeness (QED) is 0.722. The van der Waals surface area contributed by atoms with Crippen molar-refractivity contribution in [3.8, 4) is 0 Å². The van der Waals surface area contributed by atoms with Gasteiger partial charge in [-0.1, -0.05) is 13.8 Å². The highest BCUT2D eigenvalue weighted by atomic mass is 16.6. The van der Waals surface area contributed by atoms with E-state index in [0.717, 1.165) is 6.42 Å². The van der Waals surface area contributed by atoms with Crippen LogP contribution in [0, 0.1) is 10.8 Å². The van der Waals surface area contributed by atoms with Gasteiger partial charge in [-0.05, 0) is 33.6 Å². The number of amides is 1. The van der Waals surface area contributed by atoms with Gasteiger partial charge in [0.2, 0.25) is 0 Å². The van der Waals surface area contributed by atoms with Crippen LogP contribution in [-0.2, 0) is 14.3 Å². The first kappa shape index (κ1) is 13.4. The van der Waals surface area contributed by atoms with Crippen molar-refractivity contribution in [1.29, 1.82) is 0 Å². The summed E-state index contributed by atoms with van der Waals surface area (Å²) in [6.07, 6.45) is 1.39. The van der Waals surface area contributed by atoms with Crippen molar-refractivity contribution in [3.63, 3.8) is 0 Å². The summed E-state index contributed by atoms with van der Waals surface area (Å²) in [5, 5.41) is 0. The van der Waals surface area contributed by atoms with E-state index in [2.05, 4.69) is 0 Å². The second-order valence-corrected chi connectivity index (χ2v) is 6.15. The molecule has 1 amide bonds. The summed E-state index contributed by atoms with van der Waals surface area (Å²) in [5.41, 5.74) is -1.89. The number of rotatable bonds is 3. The van der Waals surface area contributed by atoms with Gasteiger partial charge in [-0.3, -0.25) is 9.59 Å². The molecule has 2 atom stereocenters. The van der Waals surface area contributed by atoms with E-state index in [-0.39, 0.29) is 11.9 Å². The molecule has 2 fully saturated rings. The number of carbonyl (C=O) groups is 2. The molecule has 0 N–H and O–H groups in total. The van der Waals surface area contributed by atoms with E-state index in [0.29, 0.717) is 19.5 Å². The molecule has 2 aliphatic rings. The fourth-order valence-electron chi connectivity index (χ4n) is 3.49. The summed E-state index contributed by atoms with van der Waals surface area (Å²) in [6, 6.07) is 0. The third-order valence-corrected chi connectivity index (χ3v) is 5.48. The number of ether oxygens (including phenoxy) is 1. The summed E-state index contributed by atoms with van der Waals surface area (Å²) < 4.78 is 5.58. The number of fused-ring (bicyclic) bond motifs is 2. The van der Waals surface area contributed by atoms with Crippen LogP contribution < -0.4 is 0 Å². The largest absolute Gasteiger partial charge is 0.448 e. The van der Waals surface area contributed by atoms with Crippen molar-refractivity contribution < 1.29 is 14.3 Å². The van der Waals surface area contributed by atoms with Gasteiger partial charge in [0, 0.05) is 18.5 Å². The van der Waals surface area contributed by atoms with Gasteiger partial charge in [-0.15, -0.1) is 0 Å². The summed E-state index contributed by atoms with van der Waals surface area (Å²) in [5.74, 6) is -0.230. The first-order valence-corrected chi connectivity index (χ1v) is 6.79. The molecule has 0 radical (unpaired) electrons. The SMILES string of the molecule is CCN(CC)C(=O)[C@@]12CC[C@@](C)(C(=O)O1)C2(C)C. The Morgan fingerprint density at radius 3 is 2.11 bits per heavy atom. The monoisotopic (exact) mass is 253 g/mol. The number of likely N-dealkylation sites (N-methyl/N-ethyl adjacent to an activating group) is 1. The molecule has 1 heterocycles. The van der Waals surface area contributed by atoms with Gasteiger partial charge < -0.3 is 9.64 Å². The number of hydrogen-bond donors (Lipinski definition) is 0. The maximum absolute atomic E-state index is 12.7. The van der Waals surface area contributed by atoms with Crippen molar-refractivity contribution in [2.45, 2.75) is 53.1 Å². The molecule has 0 aromatic heterocycles. The summed E-state index contributed by atoms with van der Waals surface area (Å²) >= 11 is 0. The smallest absolute Gasteiger partial charge is 0.313 e. The van der Waals surface area contributed by atoms with Crippen LogP contribution in [0.2, 0.25) is 0 Å². The molecule has 0 unspecified atom stereocenters. The molecular formula is C14H23NO3. The van der Waals surface area contributed by atoms with Crippen LogP contribution in [-0.4, -0.2) is 35.5 Å². The van der Waals surface area contributed by atoms with Gasteiger partial charge in [0.1, 0.15) is 0 Å². The molecule has 0 aromatic carbocycles. The molecule has 2 bridgehead atoms. The number of esters is 1. The second-order valence-electron chi connectivity index (χ2n) is 6.15. The lowest BCUT2D eigenvalue weighted by atomic mass is 9.66. The molecule has 18 heavy (non-hydrogen) atoms. The highest BCUT2D eigenvalue weighted by Crippen LogP contribution is 2.65. The Morgan fingerprint density at radius 2 is 1.78 bits per heavy atom. The standard InChI is InChI=1S/C14H23NO3/c1-6-15(7-2)10(16)14-9-8-13(5,11(17)18-14)12(14,3)4/h6-9H2,1-5H3/t13-,14+/m0/s1. The Bertz CT molecular complexity index is 400. The van der Waals surface area contributed by atoms with Gasteiger partial charge in [-0.2, -0.15) is 0 Å². The van der Waals surface area contributed by atoms with Crippen molar-refractivity contribution in [3.05, 3.63) is 0 Å². The minimum absolute atomic E-state index is 0.0212. The predicted octanol–water partition coefficient (Wildman–Crippen LogP) is 1.98. The zero-order valence-electron chi connectivity index (χ0n) is 12.0. The Hall–Kier alpha value is -1.06. The minimum atomic E-state index is -0.940. The Kier molecular flexibility index (Phi) is 2.76. The highest BCUT2D eigenvalue weighted by molar-refractivity contribution is 5.96. The molecule has 0 spiro atoms. The molecule has 1 aliphatic heterocycles. The van der Waals surface area contributed by atoms with E-state index in [1.54, 1.807) is 4.90 Å². The predicted molar refractivity (Wildman–Crippen MR) is 67.9 cm³/mol. The van der Waals surface area contributed by atoms with Crippen LogP contribution in [0.3, 0.4) is 0 Å². The van der Waals surface area contributed by atoms with Crippen molar-refractivity contribution in [2.24, 2.45) is 10.8 Å². The zero-order chi connectivity index (χ0) is 13.8. The molecule has 2 rings (SSSR count). The molecule has 4 heteroatoms. The highest BCUT2D eigenvalue weighted by Gasteiger charge is 2.76. The molecule has 1 saturated heterocycles. The van der Waals surface area contributed by atoms with Crippen LogP contribution >= 0.6 is 0 Å². The normalized spacial score (nSPS) is 36.6. The van der Waals surface area contributed by atoms with Crippen LogP contribution in [0.1, 0.15) is 47.5 Å². The average Bonchev–Trinajstić information content (AvgIpc) is 2.61. The third-order valence-electron chi connectivity index (χ3n) is 5.48. The maximum atomic E-state index is 12.7. The van der Waals surface area contributed by atoms with Crippen molar-refractivity contribution in [2.75, 3.05) is 13.1 Å². The molecular weight excluding hydrogens is 230 g/mol. The first-order chi connectivity index (χ1) is 8.27. The lowest BCUT2D eigenvalue weighted by molar-refractivity contribution is -0.173. The van der Waals surface area contributed by atoms with Gasteiger partial charge >= 0.3 is 5.97 Å². The number of hydrogen-bond acceptors (Lipinski definition) is 3. The fourth-order valence-corrected chi connectivity index (χ4v) is 3.49. The van der Waals surface area contributed by atoms with Crippen LogP contribution in [0.15, 0.2) is 0 Å². The third kappa shape index (κ3) is 1.21. The topological polar surface area (TPSA) is 46.6 Å². The summed E-state index contributed by atoms with van der Waals surface area (Å²) in [7, 11) is 0. The average molecular weight is 253 g/mol. The molecule has 4 nitrogen and oxygen atoms in total. The molecule has 1 aliphatic carbocycles. The fraction of sp³-hybridized carbons (Fsp3) is 0.857. The van der Waals surface area contributed by atoms with Gasteiger partial charge in [-0.25, -0.2) is 0 Å². The Labute approximate surface area is 109 Å². The van der Waals surface area contributed by atoms with Crippen molar-refractivity contribution in [1.82, 2.24) is 4.90 Å². The second kappa shape index (κ2) is 3.72. The van der Waals surface area contributed by atoms with E-state index < -0.39 is 16.4 Å². The first-order valence-electron chi connectivity index (χ1n) is 6.79. The lowest BCUT2D eigenvalue weighted by Gasteiger charge is -2.38. The van der Waals surface area contributed by atoms with Gasteiger partial charge in [0.25, 0.3) is 5.91 Å². The minimum Gasteiger partial charge on any atom is -0.448 e. The zero-order valence-corrected chi connectivity index (χ0v) is 12.0. The van der Waals surface area contributed by atoms with Gasteiger partial charge in [0.05, 0.1) is 5.41 Å². The van der Waals surface area contributed by atoms with Crippen LogP contribution in [0.5, 0.6) is 0 Å². The van der Waals surface area contributed by atoms with Crippen molar-refractivity contribution >= 4 is 11.9 Å². The number of carbonyl (C=O) groups excluding carboxylic acids is 2. The summed E-state index contributed by atoms with van der Waals surface area (Å²) in [4.78, 5) is 26.6. The Balaban J connectivity index is 2.44. The van der Waals surface area contributed by atoms with E-state index in [9.17, 15) is 9.59 Å². The Morgan fingerprint density at radius 1 is 1.22 bits per heavy atom. The van der Waals surface area contributed by atoms with Crippen LogP contribution in [0.4, 0.5) is 0 Å². The van der Waals surface area contributed by atoms with E-state index >= 15 is 0 Å². The molecule has 1 saturated carbocycles. The molecule has 102 valence electrons. The van der Waals surface area contributed by atoms with E-state index in [1.165, 1.54) is 0 Å². The number of nitrogens with zero attached hydrogens (tertiary/aromatic N) is 1. The summed E-state index contributed by atoms with van der Waals surface area (Å²) in [6.45, 7) is 11.1. The van der Waals surface area contributed by atoms with Gasteiger partial charge in [0.15, 0.2) is 5.60 Å². The van der Waals surface area contributed by atoms with Crippen LogP contribution in [0.25, 0.3) is 0 Å². The van der Waals surface area contributed by atoms with E-state index in [4.69, 9.17) is 4.74 Å². The maximum Gasteiger partial charge on any atom is 0.313 e.